The summed E-state index contributed by atoms with van der Waals surface area (Å²) in [4.78, 5) is 0. The molecule has 3 nitrogen and oxygen atoms in total. The first-order chi connectivity index (χ1) is 7.04. The lowest BCUT2D eigenvalue weighted by molar-refractivity contribution is 0.105. The van der Waals surface area contributed by atoms with Crippen LogP contribution in [0.5, 0.6) is 0 Å². The van der Waals surface area contributed by atoms with Crippen molar-refractivity contribution in [2.75, 3.05) is 18.5 Å². The summed E-state index contributed by atoms with van der Waals surface area (Å²) in [6.45, 7) is -0.215. The first-order valence-corrected chi connectivity index (χ1v) is 5.39. The molecule has 0 aliphatic heterocycles. The summed E-state index contributed by atoms with van der Waals surface area (Å²) >= 11 is 8.71. The van der Waals surface area contributed by atoms with Crippen LogP contribution in [0.1, 0.15) is 0 Å². The smallest absolute Gasteiger partial charge is 0.140 e. The minimum absolute atomic E-state index is 0.133. The van der Waals surface area contributed by atoms with Gasteiger partial charge < -0.3 is 15.5 Å². The van der Waals surface area contributed by atoms with Crippen LogP contribution in [0, 0.1) is 5.82 Å². The average Bonchev–Trinajstić information content (AvgIpc) is 2.22. The zero-order valence-corrected chi connectivity index (χ0v) is 10.0. The van der Waals surface area contributed by atoms with Crippen LogP contribution in [0.15, 0.2) is 16.6 Å². The molecule has 0 amide bonds. The number of hydrogen-bond acceptors (Lipinski definition) is 3. The van der Waals surface area contributed by atoms with Gasteiger partial charge in [-0.2, -0.15) is 0 Å². The second kappa shape index (κ2) is 5.65. The van der Waals surface area contributed by atoms with Crippen LogP contribution in [-0.4, -0.2) is 29.5 Å². The quantitative estimate of drug-likeness (QED) is 0.745. The van der Waals surface area contributed by atoms with E-state index in [1.54, 1.807) is 0 Å². The predicted octanol–water partition coefficient (Wildman–Crippen LogP) is 2.01. The highest BCUT2D eigenvalue weighted by Gasteiger charge is 2.07. The summed E-state index contributed by atoms with van der Waals surface area (Å²) in [5.74, 6) is -0.483. The second-order valence-corrected chi connectivity index (χ2v) is 4.17. The SMILES string of the molecule is OCC(O)CNc1cc(F)c(Br)c(Cl)c1. The molecule has 0 radical (unpaired) electrons. The largest absolute Gasteiger partial charge is 0.394 e. The molecule has 1 aromatic carbocycles. The monoisotopic (exact) mass is 297 g/mol. The maximum atomic E-state index is 13.2. The Hall–Kier alpha value is -0.360. The molecule has 1 aromatic rings. The number of nitrogens with one attached hydrogen (secondary N) is 1. The normalized spacial score (nSPS) is 12.6. The summed E-state index contributed by atoms with van der Waals surface area (Å²) < 4.78 is 13.4. The second-order valence-electron chi connectivity index (χ2n) is 2.97. The van der Waals surface area contributed by atoms with Gasteiger partial charge in [0.25, 0.3) is 0 Å². The molecule has 1 rings (SSSR count). The van der Waals surface area contributed by atoms with Crippen molar-refractivity contribution in [1.82, 2.24) is 0 Å². The Morgan fingerprint density at radius 2 is 2.20 bits per heavy atom. The molecule has 0 saturated carbocycles. The third-order valence-corrected chi connectivity index (χ3v) is 3.07. The molecule has 0 spiro atoms. The Morgan fingerprint density at radius 3 is 2.73 bits per heavy atom. The van der Waals surface area contributed by atoms with Crippen LogP contribution >= 0.6 is 27.5 Å². The van der Waals surface area contributed by atoms with Crippen molar-refractivity contribution >= 4 is 33.2 Å². The highest BCUT2D eigenvalue weighted by atomic mass is 79.9. The Balaban J connectivity index is 2.70. The van der Waals surface area contributed by atoms with E-state index in [9.17, 15) is 4.39 Å². The van der Waals surface area contributed by atoms with E-state index in [2.05, 4.69) is 21.2 Å². The van der Waals surface area contributed by atoms with Gasteiger partial charge in [-0.15, -0.1) is 0 Å². The zero-order valence-electron chi connectivity index (χ0n) is 7.67. The molecular formula is C9H10BrClFNO2. The van der Waals surface area contributed by atoms with Gasteiger partial charge in [0.1, 0.15) is 5.82 Å². The minimum atomic E-state index is -0.879. The first kappa shape index (κ1) is 12.7. The van der Waals surface area contributed by atoms with Crippen LogP contribution in [-0.2, 0) is 0 Å². The fourth-order valence-corrected chi connectivity index (χ4v) is 1.39. The summed E-state index contributed by atoms with van der Waals surface area (Å²) in [5, 5.41) is 20.6. The first-order valence-electron chi connectivity index (χ1n) is 4.22. The lowest BCUT2D eigenvalue weighted by Crippen LogP contribution is -2.22. The van der Waals surface area contributed by atoms with E-state index in [4.69, 9.17) is 21.8 Å². The third kappa shape index (κ3) is 3.61. The summed E-state index contributed by atoms with van der Waals surface area (Å²) in [6, 6.07) is 2.78. The van der Waals surface area contributed by atoms with Crippen molar-refractivity contribution < 1.29 is 14.6 Å². The number of rotatable bonds is 4. The molecule has 0 aliphatic carbocycles. The fourth-order valence-electron chi connectivity index (χ4n) is 0.958. The molecule has 15 heavy (non-hydrogen) atoms. The van der Waals surface area contributed by atoms with E-state index in [0.29, 0.717) is 5.69 Å². The highest BCUT2D eigenvalue weighted by Crippen LogP contribution is 2.28. The van der Waals surface area contributed by atoms with Crippen LogP contribution in [0.3, 0.4) is 0 Å². The predicted molar refractivity (Wildman–Crippen MR) is 60.7 cm³/mol. The fraction of sp³-hybridized carbons (Fsp3) is 0.333. The van der Waals surface area contributed by atoms with Gasteiger partial charge in [-0.25, -0.2) is 4.39 Å². The van der Waals surface area contributed by atoms with Crippen molar-refractivity contribution in [1.29, 1.82) is 0 Å². The summed E-state index contributed by atoms with van der Waals surface area (Å²) in [7, 11) is 0. The molecule has 84 valence electrons. The van der Waals surface area contributed by atoms with E-state index in [0.717, 1.165) is 0 Å². The molecule has 1 unspecified atom stereocenters. The molecule has 0 fully saturated rings. The van der Waals surface area contributed by atoms with Crippen molar-refractivity contribution in [3.05, 3.63) is 27.4 Å². The lowest BCUT2D eigenvalue weighted by atomic mass is 10.3. The molecular weight excluding hydrogens is 288 g/mol. The van der Waals surface area contributed by atoms with Gasteiger partial charge >= 0.3 is 0 Å². The van der Waals surface area contributed by atoms with Gasteiger partial charge in [0.05, 0.1) is 22.2 Å². The Morgan fingerprint density at radius 1 is 1.53 bits per heavy atom. The number of anilines is 1. The lowest BCUT2D eigenvalue weighted by Gasteiger charge is -2.11. The standard InChI is InChI=1S/C9H10BrClFNO2/c10-9-7(11)1-5(2-8(9)12)13-3-6(15)4-14/h1-2,6,13-15H,3-4H2. The average molecular weight is 299 g/mol. The Kier molecular flexibility index (Phi) is 4.79. The minimum Gasteiger partial charge on any atom is -0.394 e. The number of hydrogen-bond donors (Lipinski definition) is 3. The molecule has 3 N–H and O–H groups in total. The number of aliphatic hydroxyl groups excluding tert-OH is 2. The van der Waals surface area contributed by atoms with Gasteiger partial charge in [-0.3, -0.25) is 0 Å². The Bertz CT molecular complexity index is 328. The van der Waals surface area contributed by atoms with Gasteiger partial charge in [0.2, 0.25) is 0 Å². The number of aliphatic hydroxyl groups is 2. The summed E-state index contributed by atoms with van der Waals surface area (Å²) in [5.41, 5.74) is 0.452. The molecule has 0 saturated heterocycles. The van der Waals surface area contributed by atoms with Crippen LogP contribution in [0.4, 0.5) is 10.1 Å². The van der Waals surface area contributed by atoms with Gasteiger partial charge in [-0.1, -0.05) is 11.6 Å². The van der Waals surface area contributed by atoms with Crippen molar-refractivity contribution in [2.45, 2.75) is 6.10 Å². The molecule has 6 heteroatoms. The van der Waals surface area contributed by atoms with Crippen molar-refractivity contribution in [3.8, 4) is 0 Å². The van der Waals surface area contributed by atoms with Crippen LogP contribution in [0.25, 0.3) is 0 Å². The highest BCUT2D eigenvalue weighted by molar-refractivity contribution is 9.10. The van der Waals surface area contributed by atoms with Gasteiger partial charge in [-0.05, 0) is 28.1 Å². The Labute approximate surface area is 100 Å². The zero-order chi connectivity index (χ0) is 11.4. The van der Waals surface area contributed by atoms with E-state index in [1.807, 2.05) is 0 Å². The molecule has 0 aromatic heterocycles. The van der Waals surface area contributed by atoms with Crippen molar-refractivity contribution in [3.63, 3.8) is 0 Å². The van der Waals surface area contributed by atoms with E-state index in [1.165, 1.54) is 12.1 Å². The summed E-state index contributed by atoms with van der Waals surface area (Å²) in [6.07, 6.45) is -0.879. The topological polar surface area (TPSA) is 52.5 Å². The molecule has 0 bridgehead atoms. The van der Waals surface area contributed by atoms with Gasteiger partial charge in [0.15, 0.2) is 0 Å². The number of benzene rings is 1. The van der Waals surface area contributed by atoms with Crippen LogP contribution < -0.4 is 5.32 Å². The van der Waals surface area contributed by atoms with E-state index in [-0.39, 0.29) is 22.6 Å². The van der Waals surface area contributed by atoms with Crippen LogP contribution in [0.2, 0.25) is 5.02 Å². The molecule has 1 atom stereocenters. The maximum absolute atomic E-state index is 13.2. The molecule has 0 heterocycles. The number of halogens is 3. The third-order valence-electron chi connectivity index (χ3n) is 1.74. The van der Waals surface area contributed by atoms with Gasteiger partial charge in [0, 0.05) is 12.2 Å². The van der Waals surface area contributed by atoms with E-state index < -0.39 is 11.9 Å². The maximum Gasteiger partial charge on any atom is 0.140 e. The molecule has 0 aliphatic rings. The van der Waals surface area contributed by atoms with Crippen molar-refractivity contribution in [2.24, 2.45) is 0 Å². The van der Waals surface area contributed by atoms with E-state index >= 15 is 0 Å².